The minimum atomic E-state index is -0.683. The molecule has 0 aliphatic carbocycles. The number of carbonyl (C=O) groups is 4. The molecule has 0 spiro atoms. The Balaban J connectivity index is 0.897. The smallest absolute Gasteiger partial charge is 0.227 e. The van der Waals surface area contributed by atoms with E-state index < -0.39 is 24.3 Å². The summed E-state index contributed by atoms with van der Waals surface area (Å²) in [5, 5.41) is 26.3. The molecule has 4 N–H and O–H groups in total. The Morgan fingerprint density at radius 2 is 1.13 bits per heavy atom. The third kappa shape index (κ3) is 9.47. The van der Waals surface area contributed by atoms with Gasteiger partial charge in [0, 0.05) is 85.3 Å². The van der Waals surface area contributed by atoms with Crippen LogP contribution in [0.2, 0.25) is 0 Å². The SMILES string of the molecule is O=C(C[C@@H]1C[C@@H](O)CN1C(=O)Cc1cccnc1)Nc1ccc(-c2cnc(-c3ccc(NC(=O)C[C@@H]4C[C@@H](O)CN4C(=O)Cc4cccnc4)cc3)o2)cc1. The van der Waals surface area contributed by atoms with Crippen LogP contribution in [0.5, 0.6) is 0 Å². The number of hydrogen-bond acceptors (Lipinski definition) is 10. The number of anilines is 2. The maximum absolute atomic E-state index is 13.0. The van der Waals surface area contributed by atoms with Gasteiger partial charge in [0.2, 0.25) is 29.5 Å². The predicted octanol–water partition coefficient (Wildman–Crippen LogP) is 3.86. The number of likely N-dealkylation sites (tertiary alicyclic amines) is 2. The Morgan fingerprint density at radius 1 is 0.655 bits per heavy atom. The molecule has 55 heavy (non-hydrogen) atoms. The number of β-amino-alcohol motifs (C(OH)–C–C–N with tert-alkyl or cyclic N) is 2. The molecule has 5 heterocycles. The van der Waals surface area contributed by atoms with Crippen molar-refractivity contribution in [2.45, 2.75) is 62.8 Å². The van der Waals surface area contributed by atoms with Gasteiger partial charge in [0.25, 0.3) is 0 Å². The van der Waals surface area contributed by atoms with Gasteiger partial charge in [-0.15, -0.1) is 0 Å². The van der Waals surface area contributed by atoms with E-state index >= 15 is 0 Å². The number of amides is 4. The van der Waals surface area contributed by atoms with Crippen LogP contribution in [0.25, 0.3) is 22.8 Å². The number of carbonyl (C=O) groups excluding carboxylic acids is 4. The van der Waals surface area contributed by atoms with Crippen LogP contribution < -0.4 is 10.6 Å². The molecule has 7 rings (SSSR count). The molecule has 2 aliphatic rings. The zero-order valence-corrected chi connectivity index (χ0v) is 30.0. The summed E-state index contributed by atoms with van der Waals surface area (Å²) in [6.45, 7) is 0.380. The second kappa shape index (κ2) is 16.8. The highest BCUT2D eigenvalue weighted by Gasteiger charge is 2.36. The Kier molecular flexibility index (Phi) is 11.3. The van der Waals surface area contributed by atoms with Crippen LogP contribution in [0.1, 0.15) is 36.8 Å². The largest absolute Gasteiger partial charge is 0.436 e. The minimum absolute atomic E-state index is 0.0564. The molecule has 0 unspecified atom stereocenters. The number of nitrogens with zero attached hydrogens (tertiary/aromatic N) is 5. The van der Waals surface area contributed by atoms with Crippen molar-refractivity contribution in [3.63, 3.8) is 0 Å². The van der Waals surface area contributed by atoms with Crippen LogP contribution >= 0.6 is 0 Å². The molecule has 14 nitrogen and oxygen atoms in total. The van der Waals surface area contributed by atoms with E-state index in [9.17, 15) is 29.4 Å². The highest BCUT2D eigenvalue weighted by atomic mass is 16.4. The fourth-order valence-corrected chi connectivity index (χ4v) is 7.15. The van der Waals surface area contributed by atoms with Crippen LogP contribution in [0.4, 0.5) is 11.4 Å². The Bertz CT molecular complexity index is 1960. The molecule has 5 aromatic rings. The van der Waals surface area contributed by atoms with Gasteiger partial charge < -0.3 is 35.1 Å². The van der Waals surface area contributed by atoms with Gasteiger partial charge in [0.1, 0.15) is 0 Å². The number of hydrogen-bond donors (Lipinski definition) is 4. The topological polar surface area (TPSA) is 191 Å². The maximum atomic E-state index is 13.0. The van der Waals surface area contributed by atoms with Crippen molar-refractivity contribution < 1.29 is 33.8 Å². The molecule has 4 atom stereocenters. The molecule has 0 radical (unpaired) electrons. The molecule has 4 amide bonds. The van der Waals surface area contributed by atoms with Crippen molar-refractivity contribution in [2.24, 2.45) is 0 Å². The first-order chi connectivity index (χ1) is 26.7. The van der Waals surface area contributed by atoms with E-state index in [0.29, 0.717) is 41.4 Å². The van der Waals surface area contributed by atoms with Gasteiger partial charge in [-0.25, -0.2) is 4.98 Å². The second-order valence-corrected chi connectivity index (χ2v) is 13.9. The predicted molar refractivity (Wildman–Crippen MR) is 202 cm³/mol. The highest BCUT2D eigenvalue weighted by molar-refractivity contribution is 5.93. The Hall–Kier alpha value is -6.25. The normalized spacial score (nSPS) is 19.3. The molecule has 282 valence electrons. The molecule has 0 saturated carbocycles. The van der Waals surface area contributed by atoms with Gasteiger partial charge in [0.15, 0.2) is 5.76 Å². The summed E-state index contributed by atoms with van der Waals surface area (Å²) in [6, 6.07) is 20.5. The number of pyridine rings is 2. The van der Waals surface area contributed by atoms with E-state index in [4.69, 9.17) is 4.42 Å². The zero-order valence-electron chi connectivity index (χ0n) is 30.0. The molecule has 2 aromatic carbocycles. The average Bonchev–Trinajstić information content (AvgIpc) is 3.91. The van der Waals surface area contributed by atoms with Crippen molar-refractivity contribution in [3.8, 4) is 22.8 Å². The number of nitrogens with one attached hydrogen (secondary N) is 2. The average molecular weight is 744 g/mol. The van der Waals surface area contributed by atoms with E-state index in [1.165, 1.54) is 0 Å². The van der Waals surface area contributed by atoms with Crippen molar-refractivity contribution in [3.05, 3.63) is 115 Å². The van der Waals surface area contributed by atoms with Crippen LogP contribution in [0.3, 0.4) is 0 Å². The summed E-state index contributed by atoms with van der Waals surface area (Å²) in [6.07, 6.45) is 7.87. The number of aliphatic hydroxyl groups excluding tert-OH is 2. The Labute approximate surface area is 317 Å². The fourth-order valence-electron chi connectivity index (χ4n) is 7.15. The first kappa shape index (κ1) is 37.1. The lowest BCUT2D eigenvalue weighted by Gasteiger charge is -2.24. The third-order valence-electron chi connectivity index (χ3n) is 9.80. The summed E-state index contributed by atoms with van der Waals surface area (Å²) in [5.74, 6) is 0.0623. The van der Waals surface area contributed by atoms with Crippen molar-refractivity contribution in [1.29, 1.82) is 0 Å². The van der Waals surface area contributed by atoms with Crippen LogP contribution in [-0.2, 0) is 32.0 Å². The summed E-state index contributed by atoms with van der Waals surface area (Å²) in [4.78, 5) is 67.5. The molecule has 0 bridgehead atoms. The highest BCUT2D eigenvalue weighted by Crippen LogP contribution is 2.29. The van der Waals surface area contributed by atoms with Crippen molar-refractivity contribution in [2.75, 3.05) is 23.7 Å². The molecule has 2 saturated heterocycles. The lowest BCUT2D eigenvalue weighted by Crippen LogP contribution is -2.39. The minimum Gasteiger partial charge on any atom is -0.436 e. The van der Waals surface area contributed by atoms with Crippen LogP contribution in [-0.4, -0.2) is 96.0 Å². The van der Waals surface area contributed by atoms with E-state index in [-0.39, 0.29) is 62.4 Å². The van der Waals surface area contributed by atoms with Crippen LogP contribution in [0, 0.1) is 0 Å². The maximum Gasteiger partial charge on any atom is 0.227 e. The summed E-state index contributed by atoms with van der Waals surface area (Å²) >= 11 is 0. The third-order valence-corrected chi connectivity index (χ3v) is 9.80. The standard InChI is InChI=1S/C41H41N7O7/c49-34-17-32(47(24-34)39(53)15-26-3-1-13-42-21-26)19-37(51)45-30-9-5-28(6-10-30)36-23-44-41(55-36)29-7-11-31(12-8-29)46-38(52)20-33-18-35(50)25-48(33)40(54)16-27-4-2-14-43-22-27/h1-14,21-23,32-35,49-50H,15-20,24-25H2,(H,45,51)(H,46,52)/t32-,33-,34+,35+/m0/s1. The number of aromatic nitrogens is 3. The molecular formula is C41H41N7O7. The lowest BCUT2D eigenvalue weighted by atomic mass is 10.1. The number of oxazole rings is 1. The van der Waals surface area contributed by atoms with Gasteiger partial charge in [-0.2, -0.15) is 0 Å². The summed E-state index contributed by atoms with van der Waals surface area (Å²) in [7, 11) is 0. The van der Waals surface area contributed by atoms with E-state index in [2.05, 4.69) is 25.6 Å². The van der Waals surface area contributed by atoms with Crippen LogP contribution in [0.15, 0.2) is 108 Å². The molecule has 3 aromatic heterocycles. The number of rotatable bonds is 12. The van der Waals surface area contributed by atoms with E-state index in [1.807, 2.05) is 12.1 Å². The number of benzene rings is 2. The molecule has 2 fully saturated rings. The van der Waals surface area contributed by atoms with E-state index in [1.54, 1.807) is 101 Å². The van der Waals surface area contributed by atoms with Gasteiger partial charge in [-0.05, 0) is 84.6 Å². The van der Waals surface area contributed by atoms with Crippen molar-refractivity contribution >= 4 is 35.0 Å². The molecule has 14 heteroatoms. The van der Waals surface area contributed by atoms with Gasteiger partial charge in [-0.3, -0.25) is 29.1 Å². The van der Waals surface area contributed by atoms with Gasteiger partial charge >= 0.3 is 0 Å². The summed E-state index contributed by atoms with van der Waals surface area (Å²) < 4.78 is 6.03. The zero-order chi connectivity index (χ0) is 38.3. The lowest BCUT2D eigenvalue weighted by molar-refractivity contribution is -0.133. The van der Waals surface area contributed by atoms with Gasteiger partial charge in [-0.1, -0.05) is 12.1 Å². The second-order valence-electron chi connectivity index (χ2n) is 13.9. The summed E-state index contributed by atoms with van der Waals surface area (Å²) in [5.41, 5.74) is 4.13. The monoisotopic (exact) mass is 743 g/mol. The Morgan fingerprint density at radius 3 is 1.58 bits per heavy atom. The number of aliphatic hydroxyl groups is 2. The fraction of sp³-hybridized carbons (Fsp3) is 0.293. The first-order valence-electron chi connectivity index (χ1n) is 18.2. The van der Waals surface area contributed by atoms with Crippen molar-refractivity contribution in [1.82, 2.24) is 24.8 Å². The quantitative estimate of drug-likeness (QED) is 0.146. The molecular weight excluding hydrogens is 702 g/mol. The van der Waals surface area contributed by atoms with E-state index in [0.717, 1.165) is 16.7 Å². The first-order valence-corrected chi connectivity index (χ1v) is 18.2. The van der Waals surface area contributed by atoms with Gasteiger partial charge in [0.05, 0.1) is 31.2 Å². The molecule has 2 aliphatic heterocycles.